The molecule has 0 aliphatic carbocycles. The van der Waals surface area contributed by atoms with Gasteiger partial charge >= 0.3 is 0 Å². The number of aromatic nitrogens is 1. The molecule has 0 fully saturated rings. The Bertz CT molecular complexity index is 462. The number of hydrogen-bond donors (Lipinski definition) is 2. The van der Waals surface area contributed by atoms with Crippen LogP contribution in [0.1, 0.15) is 19.4 Å². The van der Waals surface area contributed by atoms with Crippen molar-refractivity contribution >= 4 is 28.8 Å². The first kappa shape index (κ1) is 15.4. The molecule has 5 nitrogen and oxygen atoms in total. The van der Waals surface area contributed by atoms with Crippen molar-refractivity contribution in [2.45, 2.75) is 13.8 Å². The SMILES string of the molecule is CC(C)CNC(=O)CN(C)c1cnccc1C(N)=S. The van der Waals surface area contributed by atoms with Crippen LogP contribution in [0, 0.1) is 5.92 Å². The van der Waals surface area contributed by atoms with Gasteiger partial charge in [-0.1, -0.05) is 26.1 Å². The summed E-state index contributed by atoms with van der Waals surface area (Å²) in [7, 11) is 1.81. The predicted molar refractivity (Wildman–Crippen MR) is 81.2 cm³/mol. The number of hydrogen-bond acceptors (Lipinski definition) is 4. The number of anilines is 1. The van der Waals surface area contributed by atoms with Crippen LogP contribution in [-0.4, -0.2) is 36.0 Å². The molecule has 0 radical (unpaired) electrons. The fourth-order valence-corrected chi connectivity index (χ4v) is 1.75. The van der Waals surface area contributed by atoms with Crippen molar-refractivity contribution in [3.05, 3.63) is 24.0 Å². The van der Waals surface area contributed by atoms with Gasteiger partial charge in [0.15, 0.2) is 0 Å². The lowest BCUT2D eigenvalue weighted by Gasteiger charge is -2.21. The molecule has 0 aliphatic heterocycles. The van der Waals surface area contributed by atoms with E-state index in [-0.39, 0.29) is 12.5 Å². The summed E-state index contributed by atoms with van der Waals surface area (Å²) >= 11 is 4.99. The first-order valence-corrected chi connectivity index (χ1v) is 6.54. The summed E-state index contributed by atoms with van der Waals surface area (Å²) in [6, 6.07) is 1.75. The molecule has 1 rings (SSSR count). The zero-order chi connectivity index (χ0) is 14.4. The third kappa shape index (κ3) is 4.82. The van der Waals surface area contributed by atoms with Gasteiger partial charge in [-0.15, -0.1) is 0 Å². The predicted octanol–water partition coefficient (Wildman–Crippen LogP) is 0.924. The van der Waals surface area contributed by atoms with Crippen molar-refractivity contribution in [3.63, 3.8) is 0 Å². The van der Waals surface area contributed by atoms with Crippen LogP contribution in [0.5, 0.6) is 0 Å². The molecule has 0 saturated carbocycles. The van der Waals surface area contributed by atoms with Gasteiger partial charge < -0.3 is 16.0 Å². The van der Waals surface area contributed by atoms with Gasteiger partial charge in [0.25, 0.3) is 0 Å². The zero-order valence-corrected chi connectivity index (χ0v) is 12.3. The van der Waals surface area contributed by atoms with Gasteiger partial charge in [-0.2, -0.15) is 0 Å². The number of amides is 1. The van der Waals surface area contributed by atoms with E-state index in [2.05, 4.69) is 24.1 Å². The number of rotatable bonds is 6. The lowest BCUT2D eigenvalue weighted by atomic mass is 10.2. The van der Waals surface area contributed by atoms with Crippen LogP contribution in [0.25, 0.3) is 0 Å². The number of nitrogens with one attached hydrogen (secondary N) is 1. The Morgan fingerprint density at radius 2 is 2.26 bits per heavy atom. The van der Waals surface area contributed by atoms with Crippen molar-refractivity contribution in [3.8, 4) is 0 Å². The molecule has 19 heavy (non-hydrogen) atoms. The zero-order valence-electron chi connectivity index (χ0n) is 11.5. The maximum absolute atomic E-state index is 11.8. The van der Waals surface area contributed by atoms with E-state index < -0.39 is 0 Å². The summed E-state index contributed by atoms with van der Waals surface area (Å²) in [5.41, 5.74) is 7.14. The number of carbonyl (C=O) groups is 1. The largest absolute Gasteiger partial charge is 0.389 e. The van der Waals surface area contributed by atoms with E-state index in [1.54, 1.807) is 23.4 Å². The fourth-order valence-electron chi connectivity index (χ4n) is 1.57. The van der Waals surface area contributed by atoms with E-state index in [0.29, 0.717) is 17.5 Å². The van der Waals surface area contributed by atoms with Gasteiger partial charge in [0.05, 0.1) is 18.4 Å². The minimum atomic E-state index is -0.0334. The molecule has 0 unspecified atom stereocenters. The quantitative estimate of drug-likeness (QED) is 0.758. The first-order valence-electron chi connectivity index (χ1n) is 6.13. The maximum Gasteiger partial charge on any atom is 0.239 e. The number of nitrogens with zero attached hydrogens (tertiary/aromatic N) is 2. The Kier molecular flexibility index (Phi) is 5.69. The second kappa shape index (κ2) is 7.04. The first-order chi connectivity index (χ1) is 8.91. The smallest absolute Gasteiger partial charge is 0.239 e. The van der Waals surface area contributed by atoms with Crippen molar-refractivity contribution in [1.29, 1.82) is 0 Å². The summed E-state index contributed by atoms with van der Waals surface area (Å²) in [5, 5.41) is 2.87. The molecule has 3 N–H and O–H groups in total. The summed E-state index contributed by atoms with van der Waals surface area (Å²) < 4.78 is 0. The molecule has 104 valence electrons. The topological polar surface area (TPSA) is 71.2 Å². The van der Waals surface area contributed by atoms with E-state index >= 15 is 0 Å². The van der Waals surface area contributed by atoms with Crippen molar-refractivity contribution in [2.24, 2.45) is 11.7 Å². The van der Waals surface area contributed by atoms with Gasteiger partial charge in [-0.25, -0.2) is 0 Å². The summed E-state index contributed by atoms with van der Waals surface area (Å²) in [5.74, 6) is 0.397. The third-order valence-electron chi connectivity index (χ3n) is 2.57. The van der Waals surface area contributed by atoms with Gasteiger partial charge in [0.2, 0.25) is 5.91 Å². The Morgan fingerprint density at radius 1 is 1.58 bits per heavy atom. The molecule has 1 heterocycles. The molecule has 1 aromatic rings. The molecule has 0 aromatic carbocycles. The number of carbonyl (C=O) groups excluding carboxylic acids is 1. The molecule has 0 bridgehead atoms. The van der Waals surface area contributed by atoms with Gasteiger partial charge in [0.1, 0.15) is 4.99 Å². The minimum absolute atomic E-state index is 0.0334. The second-order valence-electron chi connectivity index (χ2n) is 4.81. The number of pyridine rings is 1. The molecular weight excluding hydrogens is 260 g/mol. The highest BCUT2D eigenvalue weighted by Crippen LogP contribution is 2.17. The molecule has 1 aromatic heterocycles. The fraction of sp³-hybridized carbons (Fsp3) is 0.462. The van der Waals surface area contributed by atoms with Crippen LogP contribution in [0.15, 0.2) is 18.5 Å². The molecule has 0 saturated heterocycles. The second-order valence-corrected chi connectivity index (χ2v) is 5.25. The van der Waals surface area contributed by atoms with E-state index in [9.17, 15) is 4.79 Å². The molecule has 0 aliphatic rings. The minimum Gasteiger partial charge on any atom is -0.389 e. The van der Waals surface area contributed by atoms with Crippen molar-refractivity contribution in [2.75, 3.05) is 25.0 Å². The van der Waals surface area contributed by atoms with Gasteiger partial charge in [0, 0.05) is 25.4 Å². The van der Waals surface area contributed by atoms with Crippen LogP contribution < -0.4 is 16.0 Å². The number of nitrogens with two attached hydrogens (primary N) is 1. The molecular formula is C13H20N4OS. The highest BCUT2D eigenvalue weighted by atomic mass is 32.1. The van der Waals surface area contributed by atoms with E-state index in [1.165, 1.54) is 0 Å². The van der Waals surface area contributed by atoms with Gasteiger partial charge in [-0.3, -0.25) is 9.78 Å². The molecule has 6 heteroatoms. The van der Waals surface area contributed by atoms with Crippen LogP contribution in [0.2, 0.25) is 0 Å². The summed E-state index contributed by atoms with van der Waals surface area (Å²) in [4.78, 5) is 17.9. The van der Waals surface area contributed by atoms with Crippen LogP contribution >= 0.6 is 12.2 Å². The highest BCUT2D eigenvalue weighted by Gasteiger charge is 2.12. The molecule has 1 amide bonds. The average molecular weight is 280 g/mol. The Morgan fingerprint density at radius 3 is 2.84 bits per heavy atom. The van der Waals surface area contributed by atoms with Crippen LogP contribution in [0.4, 0.5) is 5.69 Å². The monoisotopic (exact) mass is 280 g/mol. The van der Waals surface area contributed by atoms with E-state index in [1.807, 2.05) is 7.05 Å². The number of thiocarbonyl (C=S) groups is 1. The van der Waals surface area contributed by atoms with Crippen molar-refractivity contribution < 1.29 is 4.79 Å². The average Bonchev–Trinajstić information content (AvgIpc) is 2.36. The lowest BCUT2D eigenvalue weighted by Crippen LogP contribution is -2.37. The van der Waals surface area contributed by atoms with Crippen LogP contribution in [-0.2, 0) is 4.79 Å². The standard InChI is InChI=1S/C13H20N4OS/c1-9(2)6-16-12(18)8-17(3)11-7-15-5-4-10(11)13(14)19/h4-5,7,9H,6,8H2,1-3H3,(H2,14,19)(H,16,18). The summed E-state index contributed by atoms with van der Waals surface area (Å²) in [6.07, 6.45) is 3.29. The Hall–Kier alpha value is -1.69. The summed E-state index contributed by atoms with van der Waals surface area (Å²) in [6.45, 7) is 5.02. The normalized spacial score (nSPS) is 10.3. The lowest BCUT2D eigenvalue weighted by molar-refractivity contribution is -0.119. The highest BCUT2D eigenvalue weighted by molar-refractivity contribution is 7.80. The third-order valence-corrected chi connectivity index (χ3v) is 2.78. The maximum atomic E-state index is 11.8. The van der Waals surface area contributed by atoms with Crippen LogP contribution in [0.3, 0.4) is 0 Å². The van der Waals surface area contributed by atoms with Gasteiger partial charge in [-0.05, 0) is 12.0 Å². The molecule has 0 spiro atoms. The van der Waals surface area contributed by atoms with E-state index in [0.717, 1.165) is 11.3 Å². The molecule has 0 atom stereocenters. The Labute approximate surface area is 119 Å². The van der Waals surface area contributed by atoms with Crippen molar-refractivity contribution in [1.82, 2.24) is 10.3 Å². The van der Waals surface area contributed by atoms with E-state index in [4.69, 9.17) is 18.0 Å². The number of likely N-dealkylation sites (N-methyl/N-ethyl adjacent to an activating group) is 1. The Balaban J connectivity index is 2.70.